The first kappa shape index (κ1) is 18.4. The standard InChI is InChI=1S/C24H27N3O/c1-15(2)18-7-5-8-19(16(3)4)23(18)17-10-11-22(28)21(13-17)27-14-26-20-9-6-12-25-24(20)27/h5-13,15-16,26,28H,14H2,1-4H3. The highest BCUT2D eigenvalue weighted by molar-refractivity contribution is 5.84. The Morgan fingerprint density at radius 3 is 2.36 bits per heavy atom. The average Bonchev–Trinajstić information content (AvgIpc) is 3.11. The number of fused-ring (bicyclic) bond motifs is 1. The van der Waals surface area contributed by atoms with Crippen molar-refractivity contribution in [3.63, 3.8) is 0 Å². The quantitative estimate of drug-likeness (QED) is 0.570. The maximum Gasteiger partial charge on any atom is 0.158 e. The van der Waals surface area contributed by atoms with E-state index >= 15 is 0 Å². The van der Waals surface area contributed by atoms with Crippen LogP contribution in [0.1, 0.15) is 50.7 Å². The molecule has 0 unspecified atom stereocenters. The van der Waals surface area contributed by atoms with E-state index in [1.807, 2.05) is 23.1 Å². The average molecular weight is 374 g/mol. The van der Waals surface area contributed by atoms with Crippen LogP contribution in [0.3, 0.4) is 0 Å². The fraction of sp³-hybridized carbons (Fsp3) is 0.292. The Labute approximate surface area is 166 Å². The van der Waals surface area contributed by atoms with Gasteiger partial charge in [-0.3, -0.25) is 0 Å². The van der Waals surface area contributed by atoms with E-state index in [-0.39, 0.29) is 5.75 Å². The number of hydrogen-bond donors (Lipinski definition) is 2. The summed E-state index contributed by atoms with van der Waals surface area (Å²) in [6, 6.07) is 16.4. The second-order valence-electron chi connectivity index (χ2n) is 7.96. The fourth-order valence-corrected chi connectivity index (χ4v) is 3.97. The summed E-state index contributed by atoms with van der Waals surface area (Å²) < 4.78 is 0. The Hall–Kier alpha value is -3.01. The van der Waals surface area contributed by atoms with Gasteiger partial charge in [-0.25, -0.2) is 4.98 Å². The van der Waals surface area contributed by atoms with Gasteiger partial charge < -0.3 is 15.3 Å². The van der Waals surface area contributed by atoms with Crippen LogP contribution in [0.25, 0.3) is 11.1 Å². The summed E-state index contributed by atoms with van der Waals surface area (Å²) in [5, 5.41) is 14.0. The molecule has 1 aliphatic rings. The molecule has 0 aliphatic carbocycles. The van der Waals surface area contributed by atoms with Gasteiger partial charge in [0, 0.05) is 6.20 Å². The molecular weight excluding hydrogens is 346 g/mol. The van der Waals surface area contributed by atoms with E-state index in [1.165, 1.54) is 16.7 Å². The van der Waals surface area contributed by atoms with E-state index in [0.29, 0.717) is 18.5 Å². The third-order valence-corrected chi connectivity index (χ3v) is 5.40. The molecule has 4 nitrogen and oxygen atoms in total. The Kier molecular flexibility index (Phi) is 4.71. The minimum atomic E-state index is 0.261. The smallest absolute Gasteiger partial charge is 0.158 e. The molecule has 0 radical (unpaired) electrons. The van der Waals surface area contributed by atoms with E-state index in [4.69, 9.17) is 0 Å². The Balaban J connectivity index is 1.88. The normalized spacial score (nSPS) is 13.1. The monoisotopic (exact) mass is 373 g/mol. The Bertz CT molecular complexity index is 984. The van der Waals surface area contributed by atoms with Crippen molar-refractivity contribution in [2.24, 2.45) is 0 Å². The molecule has 0 saturated carbocycles. The van der Waals surface area contributed by atoms with Crippen molar-refractivity contribution in [2.45, 2.75) is 39.5 Å². The van der Waals surface area contributed by atoms with Crippen LogP contribution in [0.4, 0.5) is 17.2 Å². The summed E-state index contributed by atoms with van der Waals surface area (Å²) in [6.07, 6.45) is 1.78. The second kappa shape index (κ2) is 7.19. The van der Waals surface area contributed by atoms with Crippen molar-refractivity contribution < 1.29 is 5.11 Å². The van der Waals surface area contributed by atoms with E-state index in [0.717, 1.165) is 22.8 Å². The molecule has 2 heterocycles. The van der Waals surface area contributed by atoms with Crippen LogP contribution < -0.4 is 10.2 Å². The first-order chi connectivity index (χ1) is 13.5. The minimum absolute atomic E-state index is 0.261. The zero-order valence-electron chi connectivity index (χ0n) is 16.9. The summed E-state index contributed by atoms with van der Waals surface area (Å²) in [5.74, 6) is 1.94. The number of nitrogens with zero attached hydrogens (tertiary/aromatic N) is 2. The number of rotatable bonds is 4. The van der Waals surface area contributed by atoms with Gasteiger partial charge in [0.15, 0.2) is 5.82 Å². The lowest BCUT2D eigenvalue weighted by molar-refractivity contribution is 0.476. The van der Waals surface area contributed by atoms with Crippen LogP contribution in [0.15, 0.2) is 54.7 Å². The van der Waals surface area contributed by atoms with Crippen LogP contribution >= 0.6 is 0 Å². The molecule has 0 bridgehead atoms. The van der Waals surface area contributed by atoms with Gasteiger partial charge >= 0.3 is 0 Å². The highest BCUT2D eigenvalue weighted by Gasteiger charge is 2.24. The van der Waals surface area contributed by atoms with Gasteiger partial charge in [0.05, 0.1) is 18.0 Å². The van der Waals surface area contributed by atoms with Crippen LogP contribution in [0.2, 0.25) is 0 Å². The SMILES string of the molecule is CC(C)c1cccc(C(C)C)c1-c1ccc(O)c(N2CNc3cccnc32)c1. The molecule has 1 aromatic heterocycles. The van der Waals surface area contributed by atoms with Crippen LogP contribution in [-0.4, -0.2) is 16.8 Å². The van der Waals surface area contributed by atoms with Crippen molar-refractivity contribution in [2.75, 3.05) is 16.9 Å². The van der Waals surface area contributed by atoms with Crippen LogP contribution in [-0.2, 0) is 0 Å². The molecule has 2 N–H and O–H groups in total. The fourth-order valence-electron chi connectivity index (χ4n) is 3.97. The van der Waals surface area contributed by atoms with Gasteiger partial charge in [-0.2, -0.15) is 0 Å². The summed E-state index contributed by atoms with van der Waals surface area (Å²) in [6.45, 7) is 9.51. The maximum absolute atomic E-state index is 10.6. The van der Waals surface area contributed by atoms with Crippen molar-refractivity contribution in [1.82, 2.24) is 4.98 Å². The number of anilines is 3. The number of aromatic hydroxyl groups is 1. The van der Waals surface area contributed by atoms with Gasteiger partial charge in [0.25, 0.3) is 0 Å². The first-order valence-electron chi connectivity index (χ1n) is 9.90. The summed E-state index contributed by atoms with van der Waals surface area (Å²) in [7, 11) is 0. The maximum atomic E-state index is 10.6. The largest absolute Gasteiger partial charge is 0.506 e. The number of pyridine rings is 1. The van der Waals surface area contributed by atoms with E-state index in [2.05, 4.69) is 62.3 Å². The first-order valence-corrected chi connectivity index (χ1v) is 9.90. The van der Waals surface area contributed by atoms with Crippen molar-refractivity contribution >= 4 is 17.2 Å². The van der Waals surface area contributed by atoms with Crippen LogP contribution in [0, 0.1) is 0 Å². The lowest BCUT2D eigenvalue weighted by Crippen LogP contribution is -2.17. The molecule has 0 spiro atoms. The topological polar surface area (TPSA) is 48.4 Å². The van der Waals surface area contributed by atoms with Gasteiger partial charge in [0.2, 0.25) is 0 Å². The zero-order chi connectivity index (χ0) is 19.8. The molecule has 28 heavy (non-hydrogen) atoms. The minimum Gasteiger partial charge on any atom is -0.506 e. The molecule has 0 saturated heterocycles. The van der Waals surface area contributed by atoms with Gasteiger partial charge in [-0.05, 0) is 58.4 Å². The number of hydrogen-bond acceptors (Lipinski definition) is 4. The number of aromatic nitrogens is 1. The van der Waals surface area contributed by atoms with E-state index < -0.39 is 0 Å². The Morgan fingerprint density at radius 1 is 0.964 bits per heavy atom. The lowest BCUT2D eigenvalue weighted by atomic mass is 9.85. The summed E-state index contributed by atoms with van der Waals surface area (Å²) in [4.78, 5) is 6.53. The van der Waals surface area contributed by atoms with Crippen LogP contribution in [0.5, 0.6) is 5.75 Å². The number of phenolic OH excluding ortho intramolecular Hbond substituents is 1. The third-order valence-electron chi connectivity index (χ3n) is 5.40. The second-order valence-corrected chi connectivity index (χ2v) is 7.96. The van der Waals surface area contributed by atoms with Crippen molar-refractivity contribution in [3.8, 4) is 16.9 Å². The van der Waals surface area contributed by atoms with Crippen molar-refractivity contribution in [1.29, 1.82) is 0 Å². The molecule has 4 heteroatoms. The van der Waals surface area contributed by atoms with Gasteiger partial charge in [-0.1, -0.05) is 52.0 Å². The molecular formula is C24H27N3O. The van der Waals surface area contributed by atoms with Gasteiger partial charge in [-0.15, -0.1) is 0 Å². The van der Waals surface area contributed by atoms with Gasteiger partial charge in [0.1, 0.15) is 5.75 Å². The number of benzene rings is 2. The van der Waals surface area contributed by atoms with E-state index in [1.54, 1.807) is 12.3 Å². The molecule has 0 fully saturated rings. The Morgan fingerprint density at radius 2 is 1.68 bits per heavy atom. The molecule has 3 aromatic rings. The zero-order valence-corrected chi connectivity index (χ0v) is 16.9. The number of nitrogens with one attached hydrogen (secondary N) is 1. The third kappa shape index (κ3) is 3.09. The molecule has 144 valence electrons. The van der Waals surface area contributed by atoms with E-state index in [9.17, 15) is 5.11 Å². The molecule has 4 rings (SSSR count). The molecule has 0 amide bonds. The predicted molar refractivity (Wildman–Crippen MR) is 117 cm³/mol. The lowest BCUT2D eigenvalue weighted by Gasteiger charge is -2.23. The molecule has 0 atom stereocenters. The highest BCUT2D eigenvalue weighted by Crippen LogP contribution is 2.43. The number of phenols is 1. The predicted octanol–water partition coefficient (Wildman–Crippen LogP) is 6.22. The summed E-state index contributed by atoms with van der Waals surface area (Å²) >= 11 is 0. The molecule has 2 aromatic carbocycles. The van der Waals surface area contributed by atoms with Crippen molar-refractivity contribution in [3.05, 3.63) is 65.9 Å². The summed E-state index contributed by atoms with van der Waals surface area (Å²) in [5.41, 5.74) is 6.84. The highest BCUT2D eigenvalue weighted by atomic mass is 16.3. The molecule has 1 aliphatic heterocycles.